The summed E-state index contributed by atoms with van der Waals surface area (Å²) in [5.74, 6) is 3.46. The Morgan fingerprint density at radius 3 is 2.00 bits per heavy atom. The molecule has 0 unspecified atom stereocenters. The summed E-state index contributed by atoms with van der Waals surface area (Å²) in [6.45, 7) is 6.44. The van der Waals surface area contributed by atoms with Crippen LogP contribution in [-0.4, -0.2) is 123 Å². The molecule has 0 spiro atoms. The first-order valence-corrected chi connectivity index (χ1v) is 20.2. The number of aromatic nitrogens is 5. The summed E-state index contributed by atoms with van der Waals surface area (Å²) in [4.78, 5) is 33.1. The molecule has 2 saturated heterocycles. The molecular formula is C40H46N10O5S. The van der Waals surface area contributed by atoms with E-state index in [0.717, 1.165) is 45.3 Å². The Balaban J connectivity index is 1.13. The quantitative estimate of drug-likeness (QED) is 0.180. The summed E-state index contributed by atoms with van der Waals surface area (Å²) in [7, 11) is 1.60. The Bertz CT molecular complexity index is 2180. The molecule has 16 heteroatoms. The maximum Gasteiger partial charge on any atom is 0.244 e. The molecule has 0 N–H and O–H groups in total. The number of hydrogen-bond donors (Lipinski definition) is 0. The topological polar surface area (TPSA) is 142 Å². The van der Waals surface area contributed by atoms with Gasteiger partial charge >= 0.3 is 0 Å². The number of pyridine rings is 1. The van der Waals surface area contributed by atoms with Gasteiger partial charge in [0.1, 0.15) is 22.2 Å². The van der Waals surface area contributed by atoms with E-state index in [0.29, 0.717) is 96.1 Å². The van der Waals surface area contributed by atoms with E-state index in [9.17, 15) is 8.42 Å². The molecule has 8 rings (SSSR count). The third-order valence-electron chi connectivity index (χ3n) is 10.5. The van der Waals surface area contributed by atoms with Crippen LogP contribution in [0.3, 0.4) is 0 Å². The lowest BCUT2D eigenvalue weighted by Gasteiger charge is -2.31. The Morgan fingerprint density at radius 1 is 0.768 bits per heavy atom. The van der Waals surface area contributed by atoms with Gasteiger partial charge in [0, 0.05) is 88.6 Å². The molecule has 0 saturated carbocycles. The third kappa shape index (κ3) is 7.95. The van der Waals surface area contributed by atoms with Crippen LogP contribution in [0.25, 0.3) is 11.3 Å². The van der Waals surface area contributed by atoms with E-state index in [4.69, 9.17) is 34.1 Å². The van der Waals surface area contributed by atoms with Gasteiger partial charge in [-0.3, -0.25) is 4.98 Å². The van der Waals surface area contributed by atoms with Gasteiger partial charge in [-0.2, -0.15) is 9.29 Å². The van der Waals surface area contributed by atoms with Crippen LogP contribution in [0.15, 0.2) is 84.3 Å². The van der Waals surface area contributed by atoms with E-state index in [1.165, 1.54) is 6.20 Å². The molecule has 292 valence electrons. The van der Waals surface area contributed by atoms with Crippen molar-refractivity contribution >= 4 is 33.4 Å². The van der Waals surface area contributed by atoms with Gasteiger partial charge in [-0.25, -0.2) is 23.4 Å². The second-order valence-corrected chi connectivity index (χ2v) is 16.0. The number of nitrogens with zero attached hydrogens (tertiary/aromatic N) is 10. The van der Waals surface area contributed by atoms with Crippen LogP contribution < -0.4 is 24.2 Å². The van der Waals surface area contributed by atoms with Crippen molar-refractivity contribution in [3.05, 3.63) is 96.1 Å². The van der Waals surface area contributed by atoms with Crippen LogP contribution in [0.1, 0.15) is 16.7 Å². The highest BCUT2D eigenvalue weighted by atomic mass is 32.2. The number of rotatable bonds is 12. The molecule has 15 nitrogen and oxygen atoms in total. The highest BCUT2D eigenvalue weighted by Crippen LogP contribution is 2.40. The number of likely N-dealkylation sites (N-methyl/N-ethyl adjacent to an activating group) is 1. The van der Waals surface area contributed by atoms with Gasteiger partial charge in [-0.15, -0.1) is 0 Å². The van der Waals surface area contributed by atoms with Crippen molar-refractivity contribution in [3.8, 4) is 22.8 Å². The van der Waals surface area contributed by atoms with E-state index < -0.39 is 10.0 Å². The predicted molar refractivity (Wildman–Crippen MR) is 213 cm³/mol. The summed E-state index contributed by atoms with van der Waals surface area (Å²) in [6, 6.07) is 17.7. The summed E-state index contributed by atoms with van der Waals surface area (Å²) in [5, 5.41) is 0. The molecule has 0 radical (unpaired) electrons. The number of morpholine rings is 1. The Labute approximate surface area is 327 Å². The first kappa shape index (κ1) is 37.5. The molecule has 0 aliphatic carbocycles. The Hall–Kier alpha value is -5.42. The minimum Gasteiger partial charge on any atom is -0.497 e. The van der Waals surface area contributed by atoms with Crippen LogP contribution >= 0.6 is 0 Å². The first-order valence-electron chi connectivity index (χ1n) is 18.8. The van der Waals surface area contributed by atoms with Gasteiger partial charge in [0.25, 0.3) is 0 Å². The normalized spacial score (nSPS) is 16.5. The standard InChI is InChI=1S/C40H46N10O5S/c1-46-14-16-49(17-15-46)56(51,52)35-22-32(25-41-26-35)50-13-12-36-37(44-40(45-38(36)50)47-18-20-55-21-19-47)31-23-42-39(43-24-31)48(27-29-4-8-33(53-2)9-5-29)28-30-6-10-34(54-3)11-7-30/h4-11,22-26H,12-21,27-28H2,1-3H3. The van der Waals surface area contributed by atoms with Crippen LogP contribution in [0.5, 0.6) is 11.5 Å². The Morgan fingerprint density at radius 2 is 1.39 bits per heavy atom. The number of benzene rings is 2. The number of hydrogen-bond acceptors (Lipinski definition) is 14. The van der Waals surface area contributed by atoms with Gasteiger partial charge < -0.3 is 33.8 Å². The zero-order valence-corrected chi connectivity index (χ0v) is 32.7. The number of piperazine rings is 1. The van der Waals surface area contributed by atoms with E-state index in [1.54, 1.807) is 30.8 Å². The largest absolute Gasteiger partial charge is 0.497 e. The zero-order chi connectivity index (χ0) is 38.6. The molecule has 6 heterocycles. The minimum absolute atomic E-state index is 0.175. The van der Waals surface area contributed by atoms with Crippen molar-refractivity contribution in [2.75, 3.05) is 95.0 Å². The predicted octanol–water partition coefficient (Wildman–Crippen LogP) is 4.02. The van der Waals surface area contributed by atoms with E-state index >= 15 is 0 Å². The molecular weight excluding hydrogens is 733 g/mol. The van der Waals surface area contributed by atoms with Crippen molar-refractivity contribution < 1.29 is 22.6 Å². The molecule has 5 aromatic rings. The second kappa shape index (κ2) is 16.4. The van der Waals surface area contributed by atoms with Crippen LogP contribution in [-0.2, 0) is 34.3 Å². The fourth-order valence-electron chi connectivity index (χ4n) is 7.22. The number of anilines is 4. The zero-order valence-electron chi connectivity index (χ0n) is 31.9. The van der Waals surface area contributed by atoms with Crippen molar-refractivity contribution in [1.82, 2.24) is 34.1 Å². The summed E-state index contributed by atoms with van der Waals surface area (Å²) in [6.07, 6.45) is 7.44. The number of ether oxygens (including phenoxy) is 3. The number of fused-ring (bicyclic) bond motifs is 1. The maximum atomic E-state index is 13.7. The van der Waals surface area contributed by atoms with Crippen molar-refractivity contribution in [2.45, 2.75) is 24.4 Å². The fraction of sp³-hybridized carbons (Fsp3) is 0.375. The second-order valence-electron chi connectivity index (χ2n) is 14.1. The highest BCUT2D eigenvalue weighted by molar-refractivity contribution is 7.89. The monoisotopic (exact) mass is 778 g/mol. The van der Waals surface area contributed by atoms with Gasteiger partial charge in [0.15, 0.2) is 0 Å². The molecule has 2 fully saturated rings. The lowest BCUT2D eigenvalue weighted by molar-refractivity contribution is 0.122. The molecule has 0 amide bonds. The average Bonchev–Trinajstić information content (AvgIpc) is 3.68. The van der Waals surface area contributed by atoms with Crippen molar-refractivity contribution in [2.24, 2.45) is 0 Å². The molecule has 3 aliphatic heterocycles. The number of sulfonamides is 1. The maximum absolute atomic E-state index is 13.7. The van der Waals surface area contributed by atoms with Crippen LogP contribution in [0.4, 0.5) is 23.4 Å². The summed E-state index contributed by atoms with van der Waals surface area (Å²) < 4.78 is 45.4. The molecule has 56 heavy (non-hydrogen) atoms. The Kier molecular flexibility index (Phi) is 11.0. The van der Waals surface area contributed by atoms with Crippen molar-refractivity contribution in [3.63, 3.8) is 0 Å². The molecule has 3 aliphatic rings. The molecule has 0 bridgehead atoms. The van der Waals surface area contributed by atoms with E-state index in [2.05, 4.69) is 19.7 Å². The van der Waals surface area contributed by atoms with Gasteiger partial charge in [-0.1, -0.05) is 24.3 Å². The first-order chi connectivity index (χ1) is 27.3. The lowest BCUT2D eigenvalue weighted by Crippen LogP contribution is -2.47. The highest BCUT2D eigenvalue weighted by Gasteiger charge is 2.32. The molecule has 3 aromatic heterocycles. The minimum atomic E-state index is -3.72. The molecule has 0 atom stereocenters. The fourth-order valence-corrected chi connectivity index (χ4v) is 8.62. The third-order valence-corrected chi connectivity index (χ3v) is 12.3. The van der Waals surface area contributed by atoms with Crippen LogP contribution in [0.2, 0.25) is 0 Å². The smallest absolute Gasteiger partial charge is 0.244 e. The summed E-state index contributed by atoms with van der Waals surface area (Å²) in [5.41, 5.74) is 5.30. The van der Waals surface area contributed by atoms with E-state index in [-0.39, 0.29) is 4.90 Å². The van der Waals surface area contributed by atoms with Crippen molar-refractivity contribution in [1.29, 1.82) is 0 Å². The van der Waals surface area contributed by atoms with Gasteiger partial charge in [0.2, 0.25) is 21.9 Å². The van der Waals surface area contributed by atoms with Crippen LogP contribution in [0, 0.1) is 0 Å². The lowest BCUT2D eigenvalue weighted by atomic mass is 10.1. The van der Waals surface area contributed by atoms with E-state index in [1.807, 2.05) is 72.9 Å². The molecule has 2 aromatic carbocycles. The number of methoxy groups -OCH3 is 2. The average molecular weight is 779 g/mol. The SMILES string of the molecule is COc1ccc(CN(Cc2ccc(OC)cc2)c2ncc(-c3nc(N4CCOCC4)nc4c3CCN4c3cncc(S(=O)(=O)N4CCN(C)CC4)c3)cn2)cc1. The summed E-state index contributed by atoms with van der Waals surface area (Å²) >= 11 is 0. The van der Waals surface area contributed by atoms with Gasteiger partial charge in [0.05, 0.1) is 45.0 Å². The van der Waals surface area contributed by atoms with Gasteiger partial charge in [-0.05, 0) is 54.9 Å².